The Morgan fingerprint density at radius 1 is 0.591 bits per heavy atom. The van der Waals surface area contributed by atoms with E-state index in [1.807, 2.05) is 36.0 Å². The standard InChI is InChI=1S/C61H42N4S/c1-38-30-32-47-56(34-38)65-54-28-12-9-23-44(54)46-24-15-26-50(59(46)65)61(47)48-25-10-13-29-57(48)66-58-37-55-45(31-33-49(58)61)43-22-8-11-27-53(43)64(55)42-21-14-20-41(35-42)52-36-51(39-16-4-2-5-17-39)62-60(63-52)40-18-6-3-7-19-40/h2-32,35-38H,33-34H2,1H3. The Kier molecular flexibility index (Phi) is 8.20. The molecule has 2 unspecified atom stereocenters. The molecule has 7 aromatic carbocycles. The van der Waals surface area contributed by atoms with Crippen LogP contribution in [-0.2, 0) is 5.41 Å². The molecule has 14 rings (SSSR count). The van der Waals surface area contributed by atoms with Crippen LogP contribution in [0.4, 0.5) is 0 Å². The SMILES string of the molecule is CC1C=CC2=C(C1)n1c3ccccc3c3cccc(c31)C21C2=C(C=c3c(c4ccccc4n3-c3cccc(-c4cc(-c5ccccc5)nc(-c5ccccc5)n4)c3)=CC2)Sc2ccccc21. The van der Waals surface area contributed by atoms with Gasteiger partial charge in [0.05, 0.1) is 38.7 Å². The number of hydrogen-bond donors (Lipinski definition) is 0. The molecule has 3 aromatic heterocycles. The lowest BCUT2D eigenvalue weighted by molar-refractivity contribution is 0.642. The number of allylic oxidation sites excluding steroid dienone is 6. The fourth-order valence-electron chi connectivity index (χ4n) is 11.6. The first-order chi connectivity index (χ1) is 32.6. The van der Waals surface area contributed by atoms with E-state index in [1.54, 1.807) is 0 Å². The maximum atomic E-state index is 5.24. The molecule has 0 saturated carbocycles. The molecule has 0 saturated heterocycles. The van der Waals surface area contributed by atoms with Crippen molar-refractivity contribution in [1.29, 1.82) is 0 Å². The zero-order valence-electron chi connectivity index (χ0n) is 36.3. The van der Waals surface area contributed by atoms with Gasteiger partial charge in [-0.3, -0.25) is 0 Å². The molecule has 0 amide bonds. The van der Waals surface area contributed by atoms with Crippen molar-refractivity contribution in [2.45, 2.75) is 30.1 Å². The van der Waals surface area contributed by atoms with Crippen LogP contribution in [0.2, 0.25) is 0 Å². The molecular weight excluding hydrogens is 821 g/mol. The molecule has 5 heteroatoms. The molecule has 312 valence electrons. The van der Waals surface area contributed by atoms with Crippen molar-refractivity contribution in [1.82, 2.24) is 19.1 Å². The van der Waals surface area contributed by atoms with Gasteiger partial charge < -0.3 is 9.13 Å². The van der Waals surface area contributed by atoms with Gasteiger partial charge in [-0.1, -0.05) is 183 Å². The minimum atomic E-state index is -0.482. The number of rotatable bonds is 4. The molecule has 2 atom stereocenters. The van der Waals surface area contributed by atoms with E-state index >= 15 is 0 Å². The second kappa shape index (κ2) is 14.4. The fourth-order valence-corrected chi connectivity index (χ4v) is 12.9. The topological polar surface area (TPSA) is 35.6 Å². The molecule has 2 aliphatic carbocycles. The van der Waals surface area contributed by atoms with Crippen molar-refractivity contribution in [2.24, 2.45) is 5.92 Å². The number of hydrogen-bond acceptors (Lipinski definition) is 3. The predicted molar refractivity (Wildman–Crippen MR) is 274 cm³/mol. The molecular formula is C61H42N4S. The van der Waals surface area contributed by atoms with Crippen LogP contribution in [0, 0.1) is 5.92 Å². The highest BCUT2D eigenvalue weighted by Crippen LogP contribution is 2.62. The Hall–Kier alpha value is -7.73. The van der Waals surface area contributed by atoms with Crippen LogP contribution >= 0.6 is 11.8 Å². The van der Waals surface area contributed by atoms with E-state index in [2.05, 4.69) is 198 Å². The minimum Gasteiger partial charge on any atom is -0.312 e. The second-order valence-electron chi connectivity index (χ2n) is 18.1. The van der Waals surface area contributed by atoms with E-state index in [0.717, 1.165) is 46.6 Å². The molecule has 2 aliphatic heterocycles. The summed E-state index contributed by atoms with van der Waals surface area (Å²) in [6.45, 7) is 2.36. The third-order valence-electron chi connectivity index (χ3n) is 14.4. The Bertz CT molecular complexity index is 3870. The van der Waals surface area contributed by atoms with E-state index in [9.17, 15) is 0 Å². The Morgan fingerprint density at radius 3 is 2.08 bits per heavy atom. The van der Waals surface area contributed by atoms with E-state index < -0.39 is 5.41 Å². The molecule has 1 spiro atoms. The van der Waals surface area contributed by atoms with Crippen molar-refractivity contribution in [3.05, 3.63) is 232 Å². The second-order valence-corrected chi connectivity index (χ2v) is 19.2. The first-order valence-electron chi connectivity index (χ1n) is 23.0. The molecule has 4 nitrogen and oxygen atoms in total. The summed E-state index contributed by atoms with van der Waals surface area (Å²) < 4.78 is 5.11. The van der Waals surface area contributed by atoms with Crippen LogP contribution in [0.15, 0.2) is 215 Å². The van der Waals surface area contributed by atoms with Crippen molar-refractivity contribution in [3.63, 3.8) is 0 Å². The highest BCUT2D eigenvalue weighted by molar-refractivity contribution is 8.03. The number of thioether (sulfide) groups is 1. The average molecular weight is 863 g/mol. The van der Waals surface area contributed by atoms with E-state index in [-0.39, 0.29) is 0 Å². The van der Waals surface area contributed by atoms with Gasteiger partial charge in [0.15, 0.2) is 5.82 Å². The van der Waals surface area contributed by atoms with E-state index in [0.29, 0.717) is 11.7 Å². The molecule has 0 fully saturated rings. The van der Waals surface area contributed by atoms with Gasteiger partial charge in [-0.2, -0.15) is 0 Å². The third-order valence-corrected chi connectivity index (χ3v) is 15.6. The van der Waals surface area contributed by atoms with E-state index in [1.165, 1.54) is 81.0 Å². The number of fused-ring (bicyclic) bond motifs is 12. The molecule has 0 N–H and O–H groups in total. The zero-order valence-corrected chi connectivity index (χ0v) is 37.1. The first-order valence-corrected chi connectivity index (χ1v) is 23.8. The quantitative estimate of drug-likeness (QED) is 0.177. The van der Waals surface area contributed by atoms with Crippen LogP contribution in [0.3, 0.4) is 0 Å². The summed E-state index contributed by atoms with van der Waals surface area (Å²) in [5.41, 5.74) is 16.3. The summed E-state index contributed by atoms with van der Waals surface area (Å²) in [5, 5.41) is 6.37. The summed E-state index contributed by atoms with van der Waals surface area (Å²) in [5.74, 6) is 1.14. The minimum absolute atomic E-state index is 0.430. The van der Waals surface area contributed by atoms with Crippen LogP contribution in [-0.4, -0.2) is 19.1 Å². The lowest BCUT2D eigenvalue weighted by Gasteiger charge is -2.48. The van der Waals surface area contributed by atoms with Gasteiger partial charge in [0.1, 0.15) is 0 Å². The van der Waals surface area contributed by atoms with Gasteiger partial charge >= 0.3 is 0 Å². The highest BCUT2D eigenvalue weighted by Gasteiger charge is 2.51. The van der Waals surface area contributed by atoms with Gasteiger partial charge in [-0.15, -0.1) is 0 Å². The maximum Gasteiger partial charge on any atom is 0.160 e. The summed E-state index contributed by atoms with van der Waals surface area (Å²) in [6.07, 6.45) is 11.8. The number of benzene rings is 7. The van der Waals surface area contributed by atoms with Crippen LogP contribution in [0.5, 0.6) is 0 Å². The fraction of sp³-hybridized carbons (Fsp3) is 0.0820. The smallest absolute Gasteiger partial charge is 0.160 e. The lowest BCUT2D eigenvalue weighted by atomic mass is 9.60. The number of para-hydroxylation sites is 3. The molecule has 0 radical (unpaired) electrons. The Balaban J connectivity index is 1.02. The molecule has 66 heavy (non-hydrogen) atoms. The normalized spacial score (nSPS) is 18.2. The maximum absolute atomic E-state index is 5.24. The molecule has 10 aromatic rings. The van der Waals surface area contributed by atoms with Gasteiger partial charge in [0.2, 0.25) is 0 Å². The van der Waals surface area contributed by atoms with Crippen LogP contribution < -0.4 is 10.6 Å². The van der Waals surface area contributed by atoms with Crippen molar-refractivity contribution in [2.75, 3.05) is 0 Å². The zero-order chi connectivity index (χ0) is 43.5. The van der Waals surface area contributed by atoms with Crippen LogP contribution in [0.1, 0.15) is 30.9 Å². The summed E-state index contributed by atoms with van der Waals surface area (Å²) in [4.78, 5) is 13.0. The van der Waals surface area contributed by atoms with Crippen molar-refractivity contribution in [3.8, 4) is 39.6 Å². The summed E-state index contributed by atoms with van der Waals surface area (Å²) >= 11 is 1.93. The molecule has 4 aliphatic rings. The summed E-state index contributed by atoms with van der Waals surface area (Å²) in [7, 11) is 0. The van der Waals surface area contributed by atoms with E-state index in [4.69, 9.17) is 9.97 Å². The van der Waals surface area contributed by atoms with Gasteiger partial charge in [0.25, 0.3) is 0 Å². The highest BCUT2D eigenvalue weighted by atomic mass is 32.2. The van der Waals surface area contributed by atoms with Crippen molar-refractivity contribution < 1.29 is 0 Å². The molecule has 5 heterocycles. The van der Waals surface area contributed by atoms with Gasteiger partial charge in [-0.25, -0.2) is 9.97 Å². The van der Waals surface area contributed by atoms with Crippen molar-refractivity contribution >= 4 is 62.3 Å². The Morgan fingerprint density at radius 2 is 1.24 bits per heavy atom. The number of aromatic nitrogens is 4. The number of nitrogens with zero attached hydrogens (tertiary/aromatic N) is 4. The van der Waals surface area contributed by atoms with Crippen LogP contribution in [0.25, 0.3) is 90.1 Å². The predicted octanol–water partition coefficient (Wildman–Crippen LogP) is 13.7. The first kappa shape index (κ1) is 37.6. The third kappa shape index (κ3) is 5.35. The largest absolute Gasteiger partial charge is 0.312 e. The van der Waals surface area contributed by atoms with Gasteiger partial charge in [-0.05, 0) is 83.5 Å². The Labute approximate surface area is 386 Å². The molecule has 0 bridgehead atoms. The van der Waals surface area contributed by atoms with Gasteiger partial charge in [0, 0.05) is 59.3 Å². The monoisotopic (exact) mass is 862 g/mol. The average Bonchev–Trinajstić information content (AvgIpc) is 3.80. The summed E-state index contributed by atoms with van der Waals surface area (Å²) in [6, 6.07) is 66.0. The lowest BCUT2D eigenvalue weighted by Crippen LogP contribution is -2.39.